The fourth-order valence-corrected chi connectivity index (χ4v) is 2.70. The quantitative estimate of drug-likeness (QED) is 0.394. The Kier molecular flexibility index (Phi) is 4.05. The molecular weight excluding hydrogens is 274 g/mol. The van der Waals surface area contributed by atoms with Gasteiger partial charge in [0.2, 0.25) is 0 Å². The van der Waals surface area contributed by atoms with E-state index in [4.69, 9.17) is 10.9 Å². The minimum Gasteiger partial charge on any atom is -0.409 e. The summed E-state index contributed by atoms with van der Waals surface area (Å²) in [5.74, 6) is -0.149. The Balaban J connectivity index is 2.39. The molecule has 2 aromatic rings. The third kappa shape index (κ3) is 2.65. The van der Waals surface area contributed by atoms with E-state index < -0.39 is 0 Å². The van der Waals surface area contributed by atoms with Crippen LogP contribution < -0.4 is 10.6 Å². The van der Waals surface area contributed by atoms with Gasteiger partial charge in [-0.2, -0.15) is 0 Å². The average Bonchev–Trinajstić information content (AvgIpc) is 2.91. The van der Waals surface area contributed by atoms with Crippen molar-refractivity contribution in [3.8, 4) is 0 Å². The van der Waals surface area contributed by atoms with Crippen LogP contribution in [0.3, 0.4) is 0 Å². The molecule has 1 aromatic carbocycles. The van der Waals surface area contributed by atoms with Crippen LogP contribution in [0.25, 0.3) is 0 Å². The largest absolute Gasteiger partial charge is 0.409 e. The summed E-state index contributed by atoms with van der Waals surface area (Å²) in [7, 11) is 1.67. The predicted molar refractivity (Wildman–Crippen MR) is 80.7 cm³/mol. The second kappa shape index (κ2) is 5.75. The highest BCUT2D eigenvalue weighted by Crippen LogP contribution is 2.23. The first kappa shape index (κ1) is 14.1. The maximum absolute atomic E-state index is 12.4. The number of amides is 1. The van der Waals surface area contributed by atoms with Crippen LogP contribution in [0.4, 0.5) is 5.69 Å². The summed E-state index contributed by atoms with van der Waals surface area (Å²) in [5.41, 5.74) is 6.75. The van der Waals surface area contributed by atoms with E-state index in [2.05, 4.69) is 5.16 Å². The first-order chi connectivity index (χ1) is 9.54. The summed E-state index contributed by atoms with van der Waals surface area (Å²) in [5, 5.41) is 11.8. The number of amidine groups is 1. The minimum atomic E-state index is -0.124. The molecule has 3 N–H and O–H groups in total. The molecular formula is C14H15N3O2S. The Morgan fingerprint density at radius 2 is 2.00 bits per heavy atom. The van der Waals surface area contributed by atoms with E-state index >= 15 is 0 Å². The van der Waals surface area contributed by atoms with Crippen molar-refractivity contribution in [1.82, 2.24) is 0 Å². The van der Waals surface area contributed by atoms with Gasteiger partial charge >= 0.3 is 0 Å². The zero-order chi connectivity index (χ0) is 14.7. The molecule has 5 nitrogen and oxygen atoms in total. The molecule has 0 aliphatic rings. The number of anilines is 1. The van der Waals surface area contributed by atoms with Crippen LogP contribution in [0.15, 0.2) is 41.6 Å². The van der Waals surface area contributed by atoms with E-state index in [-0.39, 0.29) is 11.7 Å². The number of oxime groups is 1. The van der Waals surface area contributed by atoms with Crippen LogP contribution in [-0.4, -0.2) is 24.0 Å². The van der Waals surface area contributed by atoms with Crippen molar-refractivity contribution < 1.29 is 10.0 Å². The van der Waals surface area contributed by atoms with Crippen molar-refractivity contribution in [2.45, 2.75) is 6.92 Å². The predicted octanol–water partition coefficient (Wildman–Crippen LogP) is 2.43. The molecule has 0 spiro atoms. The van der Waals surface area contributed by atoms with Crippen LogP contribution >= 0.6 is 11.3 Å². The van der Waals surface area contributed by atoms with Crippen molar-refractivity contribution in [1.29, 1.82) is 0 Å². The van der Waals surface area contributed by atoms with E-state index in [9.17, 15) is 4.79 Å². The zero-order valence-electron chi connectivity index (χ0n) is 11.2. The summed E-state index contributed by atoms with van der Waals surface area (Å²) in [6, 6.07) is 10.7. The van der Waals surface area contributed by atoms with E-state index in [1.54, 1.807) is 37.4 Å². The second-order valence-electron chi connectivity index (χ2n) is 4.28. The maximum Gasteiger partial charge on any atom is 0.268 e. The number of rotatable bonds is 3. The number of para-hydroxylation sites is 1. The molecule has 0 fully saturated rings. The number of hydrogen-bond acceptors (Lipinski definition) is 4. The molecule has 0 aliphatic heterocycles. The fraction of sp³-hybridized carbons (Fsp3) is 0.143. The van der Waals surface area contributed by atoms with Crippen LogP contribution in [0.5, 0.6) is 0 Å². The molecule has 0 atom stereocenters. The van der Waals surface area contributed by atoms with E-state index in [0.717, 1.165) is 4.88 Å². The summed E-state index contributed by atoms with van der Waals surface area (Å²) in [6.45, 7) is 1.95. The number of aryl methyl sites for hydroxylation is 1. The molecule has 0 saturated carbocycles. The van der Waals surface area contributed by atoms with Gasteiger partial charge in [-0.05, 0) is 31.2 Å². The van der Waals surface area contributed by atoms with Gasteiger partial charge in [0.25, 0.3) is 5.91 Å². The first-order valence-corrected chi connectivity index (χ1v) is 6.77. The third-order valence-corrected chi connectivity index (χ3v) is 3.89. The molecule has 104 valence electrons. The summed E-state index contributed by atoms with van der Waals surface area (Å²) in [6.07, 6.45) is 0. The zero-order valence-corrected chi connectivity index (χ0v) is 12.0. The topological polar surface area (TPSA) is 78.9 Å². The second-order valence-corrected chi connectivity index (χ2v) is 5.56. The molecule has 0 radical (unpaired) electrons. The number of nitrogens with two attached hydrogens (primary N) is 1. The molecule has 1 amide bonds. The SMILES string of the molecule is Cc1ccc(C(=O)N(C)c2ccccc2/C(N)=N/O)s1. The van der Waals surface area contributed by atoms with Gasteiger partial charge in [-0.1, -0.05) is 17.3 Å². The fourth-order valence-electron chi connectivity index (χ4n) is 1.86. The Labute approximate surface area is 120 Å². The van der Waals surface area contributed by atoms with Crippen molar-refractivity contribution >= 4 is 28.8 Å². The minimum absolute atomic E-state index is 0.0254. The monoisotopic (exact) mass is 289 g/mol. The lowest BCUT2D eigenvalue weighted by atomic mass is 10.1. The van der Waals surface area contributed by atoms with Gasteiger partial charge in [0.15, 0.2) is 5.84 Å². The molecule has 1 aromatic heterocycles. The van der Waals surface area contributed by atoms with Gasteiger partial charge in [0.1, 0.15) is 0 Å². The normalized spacial score (nSPS) is 11.4. The van der Waals surface area contributed by atoms with Crippen LogP contribution in [-0.2, 0) is 0 Å². The Bertz CT molecular complexity index is 664. The average molecular weight is 289 g/mol. The first-order valence-electron chi connectivity index (χ1n) is 5.96. The van der Waals surface area contributed by atoms with Crippen molar-refractivity contribution in [3.05, 3.63) is 51.7 Å². The van der Waals surface area contributed by atoms with Crippen molar-refractivity contribution in [2.75, 3.05) is 11.9 Å². The molecule has 20 heavy (non-hydrogen) atoms. The smallest absolute Gasteiger partial charge is 0.268 e. The van der Waals surface area contributed by atoms with Gasteiger partial charge in [0.05, 0.1) is 10.6 Å². The van der Waals surface area contributed by atoms with E-state index in [0.29, 0.717) is 16.1 Å². The summed E-state index contributed by atoms with van der Waals surface area (Å²) < 4.78 is 0. The lowest BCUT2D eigenvalue weighted by Gasteiger charge is -2.19. The molecule has 0 unspecified atom stereocenters. The highest BCUT2D eigenvalue weighted by molar-refractivity contribution is 7.14. The Morgan fingerprint density at radius 1 is 1.30 bits per heavy atom. The highest BCUT2D eigenvalue weighted by atomic mass is 32.1. The maximum atomic E-state index is 12.4. The number of nitrogens with zero attached hydrogens (tertiary/aromatic N) is 2. The lowest BCUT2D eigenvalue weighted by Crippen LogP contribution is -2.28. The molecule has 0 aliphatic carbocycles. The number of carbonyl (C=O) groups is 1. The molecule has 0 saturated heterocycles. The third-order valence-electron chi connectivity index (χ3n) is 2.90. The number of benzene rings is 1. The van der Waals surface area contributed by atoms with Gasteiger partial charge in [-0.15, -0.1) is 11.3 Å². The molecule has 0 bridgehead atoms. The Morgan fingerprint density at radius 3 is 2.60 bits per heavy atom. The number of hydrogen-bond donors (Lipinski definition) is 2. The molecule has 6 heteroatoms. The Hall–Kier alpha value is -2.34. The van der Waals surface area contributed by atoms with E-state index in [1.165, 1.54) is 16.2 Å². The van der Waals surface area contributed by atoms with Gasteiger partial charge in [-0.25, -0.2) is 0 Å². The van der Waals surface area contributed by atoms with Crippen LogP contribution in [0, 0.1) is 6.92 Å². The number of thiophene rings is 1. The highest BCUT2D eigenvalue weighted by Gasteiger charge is 2.18. The van der Waals surface area contributed by atoms with Crippen LogP contribution in [0.2, 0.25) is 0 Å². The summed E-state index contributed by atoms with van der Waals surface area (Å²) >= 11 is 1.44. The van der Waals surface area contributed by atoms with Gasteiger partial charge < -0.3 is 15.8 Å². The van der Waals surface area contributed by atoms with Crippen molar-refractivity contribution in [2.24, 2.45) is 10.9 Å². The molecule has 2 rings (SSSR count). The van der Waals surface area contributed by atoms with Crippen molar-refractivity contribution in [3.63, 3.8) is 0 Å². The van der Waals surface area contributed by atoms with Crippen LogP contribution in [0.1, 0.15) is 20.1 Å². The molecule has 1 heterocycles. The van der Waals surface area contributed by atoms with E-state index in [1.807, 2.05) is 13.0 Å². The lowest BCUT2D eigenvalue weighted by molar-refractivity contribution is 0.0997. The number of carbonyl (C=O) groups excluding carboxylic acids is 1. The van der Waals surface area contributed by atoms with Gasteiger partial charge in [-0.3, -0.25) is 4.79 Å². The van der Waals surface area contributed by atoms with Gasteiger partial charge in [0, 0.05) is 17.5 Å². The standard InChI is InChI=1S/C14H15N3O2S/c1-9-7-8-12(20-9)14(18)17(2)11-6-4-3-5-10(11)13(15)16-19/h3-8,19H,1-2H3,(H2,15,16). The summed E-state index contributed by atoms with van der Waals surface area (Å²) in [4.78, 5) is 15.6.